The molecule has 2 aromatic carbocycles. The first-order valence-electron chi connectivity index (χ1n) is 8.70. The fraction of sp³-hybridized carbons (Fsp3) is 0.350. The van der Waals surface area contributed by atoms with Crippen LogP contribution in [0, 0.1) is 13.8 Å². The highest BCUT2D eigenvalue weighted by Gasteiger charge is 2.13. The number of hydrogen-bond acceptors (Lipinski definition) is 3. The molecule has 2 rings (SSSR count). The van der Waals surface area contributed by atoms with Crippen LogP contribution in [0.4, 0.5) is 0 Å². The number of nitrogens with one attached hydrogen (secondary N) is 2. The van der Waals surface area contributed by atoms with Crippen molar-refractivity contribution < 1.29 is 8.42 Å². The van der Waals surface area contributed by atoms with E-state index in [-0.39, 0.29) is 29.7 Å². The standard InChI is InChI=1S/C20H27N3O2S.HI/c1-16-13-17(2)15-18(14-16)9-10-22-20(21-3)23-11-12-26(24,25)19-7-5-4-6-8-19;/h4-8,13-15H,9-12H2,1-3H3,(H2,21,22,23);1H. The molecule has 0 spiro atoms. The number of halogens is 1. The van der Waals surface area contributed by atoms with E-state index in [4.69, 9.17) is 0 Å². The Bertz CT molecular complexity index is 833. The summed E-state index contributed by atoms with van der Waals surface area (Å²) in [7, 11) is -1.60. The van der Waals surface area contributed by atoms with Crippen LogP contribution in [0.2, 0.25) is 0 Å². The molecule has 0 aliphatic heterocycles. The van der Waals surface area contributed by atoms with E-state index in [1.54, 1.807) is 37.4 Å². The van der Waals surface area contributed by atoms with Gasteiger partial charge in [0.15, 0.2) is 15.8 Å². The van der Waals surface area contributed by atoms with E-state index >= 15 is 0 Å². The Labute approximate surface area is 179 Å². The molecule has 2 aromatic rings. The summed E-state index contributed by atoms with van der Waals surface area (Å²) in [6.07, 6.45) is 0.880. The summed E-state index contributed by atoms with van der Waals surface area (Å²) >= 11 is 0. The highest BCUT2D eigenvalue weighted by atomic mass is 127. The van der Waals surface area contributed by atoms with Gasteiger partial charge in [0.05, 0.1) is 10.6 Å². The predicted octanol–water partition coefficient (Wildman–Crippen LogP) is 3.10. The van der Waals surface area contributed by atoms with Crippen LogP contribution >= 0.6 is 24.0 Å². The lowest BCUT2D eigenvalue weighted by atomic mass is 10.1. The van der Waals surface area contributed by atoms with E-state index in [2.05, 4.69) is 47.7 Å². The molecule has 2 N–H and O–H groups in total. The zero-order valence-corrected chi connectivity index (χ0v) is 19.2. The van der Waals surface area contributed by atoms with Crippen LogP contribution in [0.1, 0.15) is 16.7 Å². The van der Waals surface area contributed by atoms with Gasteiger partial charge in [-0.25, -0.2) is 8.42 Å². The maximum atomic E-state index is 12.3. The number of aliphatic imine (C=N–C) groups is 1. The topological polar surface area (TPSA) is 70.6 Å². The van der Waals surface area contributed by atoms with Gasteiger partial charge in [0.25, 0.3) is 0 Å². The van der Waals surface area contributed by atoms with E-state index in [0.29, 0.717) is 17.4 Å². The van der Waals surface area contributed by atoms with Gasteiger partial charge in [-0.2, -0.15) is 0 Å². The van der Waals surface area contributed by atoms with Crippen molar-refractivity contribution in [1.82, 2.24) is 10.6 Å². The summed E-state index contributed by atoms with van der Waals surface area (Å²) in [5, 5.41) is 6.29. The van der Waals surface area contributed by atoms with E-state index in [1.165, 1.54) is 16.7 Å². The minimum atomic E-state index is -3.28. The Hall–Kier alpha value is -1.61. The summed E-state index contributed by atoms with van der Waals surface area (Å²) in [6.45, 7) is 5.23. The summed E-state index contributed by atoms with van der Waals surface area (Å²) < 4.78 is 24.5. The first-order valence-corrected chi connectivity index (χ1v) is 10.4. The number of rotatable bonds is 7. The molecule has 0 amide bonds. The van der Waals surface area contributed by atoms with Crippen molar-refractivity contribution in [3.05, 3.63) is 65.2 Å². The van der Waals surface area contributed by atoms with Crippen LogP contribution in [0.25, 0.3) is 0 Å². The Kier molecular flexibility index (Phi) is 9.79. The second-order valence-electron chi connectivity index (χ2n) is 6.30. The van der Waals surface area contributed by atoms with Crippen LogP contribution in [0.5, 0.6) is 0 Å². The maximum Gasteiger partial charge on any atom is 0.191 e. The van der Waals surface area contributed by atoms with Crippen molar-refractivity contribution in [2.45, 2.75) is 25.2 Å². The number of guanidine groups is 1. The van der Waals surface area contributed by atoms with Gasteiger partial charge in [0, 0.05) is 20.1 Å². The van der Waals surface area contributed by atoms with Crippen LogP contribution in [-0.2, 0) is 16.3 Å². The fourth-order valence-corrected chi connectivity index (χ4v) is 3.99. The number of benzene rings is 2. The molecular formula is C20H28IN3O2S. The summed E-state index contributed by atoms with van der Waals surface area (Å²) in [6, 6.07) is 15.0. The second-order valence-corrected chi connectivity index (χ2v) is 8.41. The molecule has 0 saturated heterocycles. The number of nitrogens with zero attached hydrogens (tertiary/aromatic N) is 1. The molecule has 0 bridgehead atoms. The first-order chi connectivity index (χ1) is 12.4. The highest BCUT2D eigenvalue weighted by Crippen LogP contribution is 2.10. The minimum absolute atomic E-state index is 0. The third-order valence-electron chi connectivity index (χ3n) is 3.98. The molecule has 0 atom stereocenters. The SMILES string of the molecule is CN=C(NCCc1cc(C)cc(C)c1)NCCS(=O)(=O)c1ccccc1.I. The van der Waals surface area contributed by atoms with E-state index in [9.17, 15) is 8.42 Å². The van der Waals surface area contributed by atoms with Gasteiger partial charge in [0.2, 0.25) is 0 Å². The largest absolute Gasteiger partial charge is 0.356 e. The normalized spacial score (nSPS) is 11.6. The molecule has 0 aliphatic carbocycles. The number of sulfone groups is 1. The highest BCUT2D eigenvalue weighted by molar-refractivity contribution is 14.0. The lowest BCUT2D eigenvalue weighted by molar-refractivity contribution is 0.594. The van der Waals surface area contributed by atoms with Crippen molar-refractivity contribution in [1.29, 1.82) is 0 Å². The fourth-order valence-electron chi connectivity index (χ4n) is 2.81. The van der Waals surface area contributed by atoms with Gasteiger partial charge in [-0.15, -0.1) is 24.0 Å². The molecule has 7 heteroatoms. The second kappa shape index (κ2) is 11.3. The Morgan fingerprint density at radius 1 is 0.963 bits per heavy atom. The van der Waals surface area contributed by atoms with Crippen LogP contribution in [-0.4, -0.2) is 40.3 Å². The van der Waals surface area contributed by atoms with E-state index in [1.807, 2.05) is 0 Å². The monoisotopic (exact) mass is 501 g/mol. The number of hydrogen-bond donors (Lipinski definition) is 2. The van der Waals surface area contributed by atoms with Gasteiger partial charge in [0.1, 0.15) is 0 Å². The molecule has 27 heavy (non-hydrogen) atoms. The van der Waals surface area contributed by atoms with Crippen molar-refractivity contribution in [3.63, 3.8) is 0 Å². The average Bonchev–Trinajstić information content (AvgIpc) is 2.60. The summed E-state index contributed by atoms with van der Waals surface area (Å²) in [4.78, 5) is 4.49. The third kappa shape index (κ3) is 7.88. The van der Waals surface area contributed by atoms with Crippen molar-refractivity contribution in [2.75, 3.05) is 25.9 Å². The first kappa shape index (κ1) is 23.4. The van der Waals surface area contributed by atoms with Gasteiger partial charge in [-0.3, -0.25) is 4.99 Å². The van der Waals surface area contributed by atoms with Crippen LogP contribution in [0.3, 0.4) is 0 Å². The molecule has 0 aromatic heterocycles. The predicted molar refractivity (Wildman–Crippen MR) is 123 cm³/mol. The minimum Gasteiger partial charge on any atom is -0.356 e. The zero-order chi connectivity index (χ0) is 19.0. The molecule has 0 heterocycles. The zero-order valence-electron chi connectivity index (χ0n) is 16.0. The van der Waals surface area contributed by atoms with E-state index in [0.717, 1.165) is 13.0 Å². The molecule has 0 radical (unpaired) electrons. The quantitative estimate of drug-likeness (QED) is 0.348. The van der Waals surface area contributed by atoms with Crippen LogP contribution < -0.4 is 10.6 Å². The molecular weight excluding hydrogens is 473 g/mol. The molecule has 148 valence electrons. The van der Waals surface area contributed by atoms with Gasteiger partial charge >= 0.3 is 0 Å². The summed E-state index contributed by atoms with van der Waals surface area (Å²) in [5.74, 6) is 0.632. The molecule has 5 nitrogen and oxygen atoms in total. The molecule has 0 aliphatic rings. The smallest absolute Gasteiger partial charge is 0.191 e. The molecule has 0 saturated carbocycles. The Morgan fingerprint density at radius 3 is 2.15 bits per heavy atom. The summed E-state index contributed by atoms with van der Waals surface area (Å²) in [5.41, 5.74) is 3.79. The Morgan fingerprint density at radius 2 is 1.56 bits per heavy atom. The van der Waals surface area contributed by atoms with Crippen molar-refractivity contribution >= 4 is 39.8 Å². The average molecular weight is 501 g/mol. The van der Waals surface area contributed by atoms with Crippen molar-refractivity contribution in [2.24, 2.45) is 4.99 Å². The third-order valence-corrected chi connectivity index (χ3v) is 5.71. The lowest BCUT2D eigenvalue weighted by Gasteiger charge is -2.12. The van der Waals surface area contributed by atoms with Gasteiger partial charge in [-0.05, 0) is 38.0 Å². The van der Waals surface area contributed by atoms with Crippen LogP contribution in [0.15, 0.2) is 58.4 Å². The molecule has 0 unspecified atom stereocenters. The van der Waals surface area contributed by atoms with Gasteiger partial charge in [-0.1, -0.05) is 47.5 Å². The van der Waals surface area contributed by atoms with Gasteiger partial charge < -0.3 is 10.6 Å². The van der Waals surface area contributed by atoms with Crippen molar-refractivity contribution in [3.8, 4) is 0 Å². The Balaban J connectivity index is 0.00000364. The lowest BCUT2D eigenvalue weighted by Crippen LogP contribution is -2.40. The maximum absolute atomic E-state index is 12.3. The number of aryl methyl sites for hydroxylation is 2. The molecule has 0 fully saturated rings. The van der Waals surface area contributed by atoms with E-state index < -0.39 is 9.84 Å².